The van der Waals surface area contributed by atoms with Crippen molar-refractivity contribution in [1.82, 2.24) is 10.3 Å². The van der Waals surface area contributed by atoms with E-state index in [9.17, 15) is 9.18 Å². The van der Waals surface area contributed by atoms with Crippen molar-refractivity contribution in [3.8, 4) is 16.9 Å². The maximum atomic E-state index is 14.4. The van der Waals surface area contributed by atoms with Gasteiger partial charge in [-0.1, -0.05) is 18.2 Å². The number of carbonyl (C=O) groups is 1. The molecule has 1 aromatic heterocycles. The predicted molar refractivity (Wildman–Crippen MR) is 90.8 cm³/mol. The lowest BCUT2D eigenvalue weighted by Crippen LogP contribution is -2.24. The van der Waals surface area contributed by atoms with Crippen molar-refractivity contribution in [2.75, 3.05) is 7.11 Å². The molecule has 0 saturated heterocycles. The second kappa shape index (κ2) is 7.17. The van der Waals surface area contributed by atoms with E-state index in [1.54, 1.807) is 32.2 Å². The van der Waals surface area contributed by atoms with Gasteiger partial charge in [0.2, 0.25) is 0 Å². The van der Waals surface area contributed by atoms with Crippen LogP contribution in [0.15, 0.2) is 53.3 Å². The summed E-state index contributed by atoms with van der Waals surface area (Å²) in [6.45, 7) is 1.93. The molecule has 3 rings (SSSR count). The summed E-state index contributed by atoms with van der Waals surface area (Å²) >= 11 is 0. The van der Waals surface area contributed by atoms with Crippen molar-refractivity contribution < 1.29 is 18.3 Å². The monoisotopic (exact) mass is 340 g/mol. The molecule has 0 unspecified atom stereocenters. The zero-order chi connectivity index (χ0) is 17.8. The average molecular weight is 340 g/mol. The van der Waals surface area contributed by atoms with Gasteiger partial charge in [-0.2, -0.15) is 0 Å². The van der Waals surface area contributed by atoms with E-state index in [1.165, 1.54) is 18.5 Å². The molecule has 0 atom stereocenters. The number of rotatable bonds is 5. The first kappa shape index (κ1) is 16.7. The largest absolute Gasteiger partial charge is 0.497 e. The summed E-state index contributed by atoms with van der Waals surface area (Å²) in [6, 6.07) is 11.8. The van der Waals surface area contributed by atoms with Gasteiger partial charge in [-0.15, -0.1) is 0 Å². The summed E-state index contributed by atoms with van der Waals surface area (Å²) in [5.74, 6) is 0.267. The van der Waals surface area contributed by atoms with E-state index in [0.717, 1.165) is 11.3 Å². The van der Waals surface area contributed by atoms with Crippen molar-refractivity contribution in [3.05, 3.63) is 71.7 Å². The van der Waals surface area contributed by atoms with Crippen molar-refractivity contribution in [2.24, 2.45) is 0 Å². The Hall–Kier alpha value is -3.15. The molecule has 1 heterocycles. The molecule has 2 aromatic carbocycles. The van der Waals surface area contributed by atoms with Gasteiger partial charge >= 0.3 is 0 Å². The Morgan fingerprint density at radius 3 is 2.52 bits per heavy atom. The maximum absolute atomic E-state index is 14.4. The van der Waals surface area contributed by atoms with Gasteiger partial charge < -0.3 is 14.5 Å². The molecule has 1 amide bonds. The van der Waals surface area contributed by atoms with Crippen LogP contribution in [0.1, 0.15) is 21.8 Å². The van der Waals surface area contributed by atoms with Crippen LogP contribution in [-0.4, -0.2) is 18.0 Å². The van der Waals surface area contributed by atoms with Crippen molar-refractivity contribution >= 4 is 5.91 Å². The number of carbonyl (C=O) groups excluding carboxylic acids is 1. The minimum Gasteiger partial charge on any atom is -0.497 e. The molecule has 0 saturated carbocycles. The molecular formula is C19H17FN2O3. The van der Waals surface area contributed by atoms with Crippen molar-refractivity contribution in [3.63, 3.8) is 0 Å². The van der Waals surface area contributed by atoms with Crippen LogP contribution in [0.3, 0.4) is 0 Å². The van der Waals surface area contributed by atoms with Gasteiger partial charge in [0.1, 0.15) is 23.0 Å². The Morgan fingerprint density at radius 2 is 1.92 bits per heavy atom. The number of ether oxygens (including phenoxy) is 1. The van der Waals surface area contributed by atoms with Crippen LogP contribution in [-0.2, 0) is 6.54 Å². The van der Waals surface area contributed by atoms with E-state index in [-0.39, 0.29) is 12.1 Å². The van der Waals surface area contributed by atoms with Crippen LogP contribution in [0.4, 0.5) is 4.39 Å². The third kappa shape index (κ3) is 3.68. The first-order valence-electron chi connectivity index (χ1n) is 7.69. The van der Waals surface area contributed by atoms with Crippen LogP contribution in [0.25, 0.3) is 11.1 Å². The normalized spacial score (nSPS) is 10.5. The molecule has 1 N–H and O–H groups in total. The number of hydrogen-bond donors (Lipinski definition) is 1. The zero-order valence-electron chi connectivity index (χ0n) is 13.9. The lowest BCUT2D eigenvalue weighted by Gasteiger charge is -2.08. The number of amides is 1. The van der Waals surface area contributed by atoms with Crippen LogP contribution in [0.2, 0.25) is 0 Å². The number of nitrogens with zero attached hydrogens (tertiary/aromatic N) is 1. The van der Waals surface area contributed by atoms with E-state index in [4.69, 9.17) is 9.15 Å². The molecule has 0 radical (unpaired) electrons. The summed E-state index contributed by atoms with van der Waals surface area (Å²) in [4.78, 5) is 16.2. The van der Waals surface area contributed by atoms with Gasteiger partial charge in [0.15, 0.2) is 6.39 Å². The Kier molecular flexibility index (Phi) is 4.79. The Labute approximate surface area is 144 Å². The smallest absolute Gasteiger partial charge is 0.254 e. The SMILES string of the molecule is COc1ccc(-c2ccc(C(=O)NCc3ncoc3C)c(F)c2)cc1. The molecule has 0 aliphatic carbocycles. The lowest BCUT2D eigenvalue weighted by molar-refractivity contribution is 0.0946. The lowest BCUT2D eigenvalue weighted by atomic mass is 10.0. The molecule has 3 aromatic rings. The highest BCUT2D eigenvalue weighted by molar-refractivity contribution is 5.95. The number of halogens is 1. The van der Waals surface area contributed by atoms with Gasteiger partial charge in [0.25, 0.3) is 5.91 Å². The third-order valence-electron chi connectivity index (χ3n) is 3.90. The highest BCUT2D eigenvalue weighted by atomic mass is 19.1. The number of methoxy groups -OCH3 is 1. The minimum absolute atomic E-state index is 0.0154. The fourth-order valence-corrected chi connectivity index (χ4v) is 2.42. The van der Waals surface area contributed by atoms with Gasteiger partial charge in [0, 0.05) is 0 Å². The second-order valence-corrected chi connectivity index (χ2v) is 5.46. The summed E-state index contributed by atoms with van der Waals surface area (Å²) < 4.78 is 24.5. The van der Waals surface area contributed by atoms with Crippen LogP contribution in [0.5, 0.6) is 5.75 Å². The van der Waals surface area contributed by atoms with Crippen LogP contribution < -0.4 is 10.1 Å². The summed E-state index contributed by atoms with van der Waals surface area (Å²) in [7, 11) is 1.59. The number of aryl methyl sites for hydroxylation is 1. The Bertz CT molecular complexity index is 888. The quantitative estimate of drug-likeness (QED) is 0.769. The first-order valence-corrected chi connectivity index (χ1v) is 7.69. The average Bonchev–Trinajstić information content (AvgIpc) is 3.04. The van der Waals surface area contributed by atoms with E-state index < -0.39 is 11.7 Å². The first-order chi connectivity index (χ1) is 12.1. The third-order valence-corrected chi connectivity index (χ3v) is 3.90. The zero-order valence-corrected chi connectivity index (χ0v) is 13.9. The van der Waals surface area contributed by atoms with Gasteiger partial charge in [-0.25, -0.2) is 9.37 Å². The van der Waals surface area contributed by atoms with Crippen LogP contribution >= 0.6 is 0 Å². The summed E-state index contributed by atoms with van der Waals surface area (Å²) in [5, 5.41) is 2.64. The topological polar surface area (TPSA) is 64.4 Å². The molecular weight excluding hydrogens is 323 g/mol. The summed E-state index contributed by atoms with van der Waals surface area (Å²) in [5.41, 5.74) is 2.12. The molecule has 0 aliphatic rings. The van der Waals surface area contributed by atoms with E-state index >= 15 is 0 Å². The highest BCUT2D eigenvalue weighted by Gasteiger charge is 2.14. The van der Waals surface area contributed by atoms with Gasteiger partial charge in [-0.05, 0) is 42.3 Å². The summed E-state index contributed by atoms with van der Waals surface area (Å²) in [6.07, 6.45) is 1.31. The molecule has 0 aliphatic heterocycles. The van der Waals surface area contributed by atoms with E-state index in [0.29, 0.717) is 17.0 Å². The molecule has 0 fully saturated rings. The fraction of sp³-hybridized carbons (Fsp3) is 0.158. The van der Waals surface area contributed by atoms with Crippen molar-refractivity contribution in [2.45, 2.75) is 13.5 Å². The second-order valence-electron chi connectivity index (χ2n) is 5.46. The van der Waals surface area contributed by atoms with E-state index in [2.05, 4.69) is 10.3 Å². The molecule has 5 nitrogen and oxygen atoms in total. The number of oxazole rings is 1. The molecule has 0 spiro atoms. The number of nitrogens with one attached hydrogen (secondary N) is 1. The molecule has 0 bridgehead atoms. The van der Waals surface area contributed by atoms with Gasteiger partial charge in [-0.3, -0.25) is 4.79 Å². The van der Waals surface area contributed by atoms with Gasteiger partial charge in [0.05, 0.1) is 19.2 Å². The standard InChI is InChI=1S/C19H17FN2O3/c1-12-18(22-11-25-12)10-21-19(23)16-8-5-14(9-17(16)20)13-3-6-15(24-2)7-4-13/h3-9,11H,10H2,1-2H3,(H,21,23). The molecule has 128 valence electrons. The Morgan fingerprint density at radius 1 is 1.20 bits per heavy atom. The Balaban J connectivity index is 1.74. The van der Waals surface area contributed by atoms with E-state index in [1.807, 2.05) is 12.1 Å². The predicted octanol–water partition coefficient (Wildman–Crippen LogP) is 3.73. The van der Waals surface area contributed by atoms with Crippen molar-refractivity contribution in [1.29, 1.82) is 0 Å². The number of aromatic nitrogens is 1. The highest BCUT2D eigenvalue weighted by Crippen LogP contribution is 2.24. The fourth-order valence-electron chi connectivity index (χ4n) is 2.42. The molecule has 25 heavy (non-hydrogen) atoms. The molecule has 6 heteroatoms. The minimum atomic E-state index is -0.581. The maximum Gasteiger partial charge on any atom is 0.254 e. The number of hydrogen-bond acceptors (Lipinski definition) is 4. The van der Waals surface area contributed by atoms with Crippen LogP contribution in [0, 0.1) is 12.7 Å². The number of benzene rings is 2.